The summed E-state index contributed by atoms with van der Waals surface area (Å²) >= 11 is 0. The van der Waals surface area contributed by atoms with Crippen molar-refractivity contribution in [3.8, 4) is 11.5 Å². The van der Waals surface area contributed by atoms with Crippen molar-refractivity contribution in [1.82, 2.24) is 9.80 Å². The standard InChI is InChI=1S/C21H30N2O4/c1-15-5-4-10-23(14-15)20(24)16-8-11-22(12-9-16)21(25)17-6-7-18(26-2)19(13-17)27-3/h6-7,13,15-16H,4-5,8-12,14H2,1-3H3. The smallest absolute Gasteiger partial charge is 0.253 e. The lowest BCUT2D eigenvalue weighted by Crippen LogP contribution is -2.47. The Morgan fingerprint density at radius 3 is 2.30 bits per heavy atom. The van der Waals surface area contributed by atoms with E-state index in [2.05, 4.69) is 6.92 Å². The van der Waals surface area contributed by atoms with Gasteiger partial charge < -0.3 is 19.3 Å². The summed E-state index contributed by atoms with van der Waals surface area (Å²) in [5.74, 6) is 2.05. The number of rotatable bonds is 4. The molecular weight excluding hydrogens is 344 g/mol. The zero-order valence-corrected chi connectivity index (χ0v) is 16.6. The molecule has 2 aliphatic heterocycles. The molecule has 0 N–H and O–H groups in total. The van der Waals surface area contributed by atoms with E-state index in [0.717, 1.165) is 32.4 Å². The van der Waals surface area contributed by atoms with E-state index in [1.54, 1.807) is 32.4 Å². The summed E-state index contributed by atoms with van der Waals surface area (Å²) in [4.78, 5) is 29.5. The van der Waals surface area contributed by atoms with Crippen molar-refractivity contribution in [3.63, 3.8) is 0 Å². The predicted octanol–water partition coefficient (Wildman–Crippen LogP) is 2.81. The number of nitrogens with zero attached hydrogens (tertiary/aromatic N) is 2. The fourth-order valence-electron chi connectivity index (χ4n) is 4.13. The molecule has 1 atom stereocenters. The molecule has 2 heterocycles. The first-order chi connectivity index (χ1) is 13.0. The van der Waals surface area contributed by atoms with Gasteiger partial charge in [-0.25, -0.2) is 0 Å². The molecule has 1 aromatic rings. The second-order valence-electron chi connectivity index (χ2n) is 7.67. The Labute approximate surface area is 161 Å². The number of likely N-dealkylation sites (tertiary alicyclic amines) is 2. The van der Waals surface area contributed by atoms with Gasteiger partial charge in [-0.3, -0.25) is 9.59 Å². The van der Waals surface area contributed by atoms with Gasteiger partial charge in [0.1, 0.15) is 0 Å². The summed E-state index contributed by atoms with van der Waals surface area (Å²) in [7, 11) is 3.13. The van der Waals surface area contributed by atoms with Gasteiger partial charge in [-0.2, -0.15) is 0 Å². The molecule has 0 spiro atoms. The van der Waals surface area contributed by atoms with E-state index >= 15 is 0 Å². The Bertz CT molecular complexity index is 683. The van der Waals surface area contributed by atoms with Crippen molar-refractivity contribution in [3.05, 3.63) is 23.8 Å². The van der Waals surface area contributed by atoms with E-state index < -0.39 is 0 Å². The van der Waals surface area contributed by atoms with Crippen molar-refractivity contribution in [2.75, 3.05) is 40.4 Å². The average Bonchev–Trinajstić information content (AvgIpc) is 2.72. The third-order valence-electron chi connectivity index (χ3n) is 5.73. The SMILES string of the molecule is COc1ccc(C(=O)N2CCC(C(=O)N3CCCC(C)C3)CC2)cc1OC. The maximum atomic E-state index is 12.8. The fraction of sp³-hybridized carbons (Fsp3) is 0.619. The van der Waals surface area contributed by atoms with Crippen LogP contribution in [0.2, 0.25) is 0 Å². The number of piperidine rings is 2. The van der Waals surface area contributed by atoms with E-state index in [-0.39, 0.29) is 17.7 Å². The van der Waals surface area contributed by atoms with Crippen LogP contribution >= 0.6 is 0 Å². The van der Waals surface area contributed by atoms with Crippen molar-refractivity contribution in [2.24, 2.45) is 11.8 Å². The topological polar surface area (TPSA) is 59.1 Å². The Morgan fingerprint density at radius 1 is 0.963 bits per heavy atom. The van der Waals surface area contributed by atoms with Crippen LogP contribution in [0.3, 0.4) is 0 Å². The molecule has 0 radical (unpaired) electrons. The molecule has 2 aliphatic rings. The van der Waals surface area contributed by atoms with Gasteiger partial charge in [-0.15, -0.1) is 0 Å². The van der Waals surface area contributed by atoms with Crippen LogP contribution in [0.15, 0.2) is 18.2 Å². The second kappa shape index (κ2) is 8.63. The fourth-order valence-corrected chi connectivity index (χ4v) is 4.13. The normalized spacial score (nSPS) is 21.1. The van der Waals surface area contributed by atoms with Crippen molar-refractivity contribution >= 4 is 11.8 Å². The van der Waals surface area contributed by atoms with Gasteiger partial charge in [-0.1, -0.05) is 6.92 Å². The van der Waals surface area contributed by atoms with Crippen molar-refractivity contribution < 1.29 is 19.1 Å². The van der Waals surface area contributed by atoms with Crippen LogP contribution in [-0.2, 0) is 4.79 Å². The van der Waals surface area contributed by atoms with Crippen LogP contribution in [0.5, 0.6) is 11.5 Å². The summed E-state index contributed by atoms with van der Waals surface area (Å²) in [5.41, 5.74) is 0.585. The van der Waals surface area contributed by atoms with Crippen LogP contribution in [0.1, 0.15) is 43.0 Å². The monoisotopic (exact) mass is 374 g/mol. The van der Waals surface area contributed by atoms with Gasteiger partial charge in [0.05, 0.1) is 14.2 Å². The highest BCUT2D eigenvalue weighted by atomic mass is 16.5. The molecule has 3 rings (SSSR count). The Hall–Kier alpha value is -2.24. The van der Waals surface area contributed by atoms with Crippen LogP contribution in [-0.4, -0.2) is 62.0 Å². The number of benzene rings is 1. The second-order valence-corrected chi connectivity index (χ2v) is 7.67. The molecule has 0 aromatic heterocycles. The zero-order chi connectivity index (χ0) is 19.4. The summed E-state index contributed by atoms with van der Waals surface area (Å²) in [6, 6.07) is 5.23. The molecule has 1 unspecified atom stereocenters. The maximum absolute atomic E-state index is 12.8. The first-order valence-electron chi connectivity index (χ1n) is 9.83. The molecule has 6 heteroatoms. The number of ether oxygens (including phenoxy) is 2. The first kappa shape index (κ1) is 19.5. The highest BCUT2D eigenvalue weighted by Gasteiger charge is 2.32. The van der Waals surface area contributed by atoms with Crippen LogP contribution < -0.4 is 9.47 Å². The molecule has 2 fully saturated rings. The third-order valence-corrected chi connectivity index (χ3v) is 5.73. The number of carbonyl (C=O) groups excluding carboxylic acids is 2. The number of hydrogen-bond donors (Lipinski definition) is 0. The van der Waals surface area contributed by atoms with Gasteiger partial charge in [0, 0.05) is 37.7 Å². The molecule has 2 amide bonds. The van der Waals surface area contributed by atoms with Crippen molar-refractivity contribution in [1.29, 1.82) is 0 Å². The Balaban J connectivity index is 1.58. The average molecular weight is 374 g/mol. The lowest BCUT2D eigenvalue weighted by molar-refractivity contribution is -0.138. The first-order valence-corrected chi connectivity index (χ1v) is 9.83. The zero-order valence-electron chi connectivity index (χ0n) is 16.6. The maximum Gasteiger partial charge on any atom is 0.253 e. The molecule has 1 aromatic carbocycles. The van der Waals surface area contributed by atoms with Gasteiger partial charge in [-0.05, 0) is 49.8 Å². The van der Waals surface area contributed by atoms with E-state index in [1.165, 1.54) is 6.42 Å². The van der Waals surface area contributed by atoms with E-state index in [4.69, 9.17) is 9.47 Å². The van der Waals surface area contributed by atoms with Crippen LogP contribution in [0.4, 0.5) is 0 Å². The molecule has 148 valence electrons. The van der Waals surface area contributed by atoms with E-state index in [9.17, 15) is 9.59 Å². The molecule has 6 nitrogen and oxygen atoms in total. The third kappa shape index (κ3) is 4.37. The highest BCUT2D eigenvalue weighted by molar-refractivity contribution is 5.95. The summed E-state index contributed by atoms with van der Waals surface area (Å²) in [6.45, 7) is 5.21. The lowest BCUT2D eigenvalue weighted by atomic mass is 9.92. The van der Waals surface area contributed by atoms with Crippen LogP contribution in [0.25, 0.3) is 0 Å². The Kier molecular flexibility index (Phi) is 6.24. The van der Waals surface area contributed by atoms with Gasteiger partial charge >= 0.3 is 0 Å². The number of hydrogen-bond acceptors (Lipinski definition) is 4. The predicted molar refractivity (Wildman–Crippen MR) is 103 cm³/mol. The van der Waals surface area contributed by atoms with Gasteiger partial charge in [0.25, 0.3) is 5.91 Å². The Morgan fingerprint density at radius 2 is 1.67 bits per heavy atom. The molecular formula is C21H30N2O4. The minimum atomic E-state index is -0.0200. The molecule has 2 saturated heterocycles. The van der Waals surface area contributed by atoms with Crippen molar-refractivity contribution in [2.45, 2.75) is 32.6 Å². The molecule has 0 saturated carbocycles. The van der Waals surface area contributed by atoms with Gasteiger partial charge in [0.15, 0.2) is 11.5 Å². The lowest BCUT2D eigenvalue weighted by Gasteiger charge is -2.37. The van der Waals surface area contributed by atoms with E-state index in [0.29, 0.717) is 36.1 Å². The number of carbonyl (C=O) groups is 2. The number of amides is 2. The summed E-state index contributed by atoms with van der Waals surface area (Å²) < 4.78 is 10.5. The minimum absolute atomic E-state index is 0.0200. The number of methoxy groups -OCH3 is 2. The quantitative estimate of drug-likeness (QED) is 0.813. The largest absolute Gasteiger partial charge is 0.493 e. The summed E-state index contributed by atoms with van der Waals surface area (Å²) in [5, 5.41) is 0. The summed E-state index contributed by atoms with van der Waals surface area (Å²) in [6.07, 6.45) is 3.79. The minimum Gasteiger partial charge on any atom is -0.493 e. The van der Waals surface area contributed by atoms with Crippen LogP contribution in [0, 0.1) is 11.8 Å². The molecule has 0 bridgehead atoms. The van der Waals surface area contributed by atoms with E-state index in [1.807, 2.05) is 9.80 Å². The molecule has 0 aliphatic carbocycles. The van der Waals surface area contributed by atoms with Gasteiger partial charge in [0.2, 0.25) is 5.91 Å². The molecule has 27 heavy (non-hydrogen) atoms. The highest BCUT2D eigenvalue weighted by Crippen LogP contribution is 2.29.